The van der Waals surface area contributed by atoms with Crippen molar-refractivity contribution in [2.24, 2.45) is 5.10 Å². The second-order valence-corrected chi connectivity index (χ2v) is 9.07. The molecule has 0 radical (unpaired) electrons. The predicted molar refractivity (Wildman–Crippen MR) is 131 cm³/mol. The lowest BCUT2D eigenvalue weighted by Gasteiger charge is -2.10. The number of nitrogens with one attached hydrogen (secondary N) is 1. The second kappa shape index (κ2) is 10.3. The summed E-state index contributed by atoms with van der Waals surface area (Å²) in [6.07, 6.45) is 1.27. The Bertz CT molecular complexity index is 1310. The highest BCUT2D eigenvalue weighted by Crippen LogP contribution is 2.27. The number of nitrogens with zero attached hydrogens (tertiary/aromatic N) is 3. The molecule has 0 spiro atoms. The van der Waals surface area contributed by atoms with Gasteiger partial charge < -0.3 is 4.57 Å². The Morgan fingerprint density at radius 1 is 1.19 bits per heavy atom. The zero-order chi connectivity index (χ0) is 22.5. The minimum atomic E-state index is -0.422. The van der Waals surface area contributed by atoms with Crippen LogP contribution in [0.15, 0.2) is 81.5 Å². The van der Waals surface area contributed by atoms with Crippen LogP contribution >= 0.6 is 39.3 Å². The molecule has 1 amide bonds. The molecule has 4 rings (SSSR count). The first-order chi connectivity index (χ1) is 15.5. The first-order valence-electron chi connectivity index (χ1n) is 9.59. The van der Waals surface area contributed by atoms with Gasteiger partial charge in [-0.1, -0.05) is 69.6 Å². The number of carbonyl (C=O) groups is 1. The van der Waals surface area contributed by atoms with Gasteiger partial charge in [0.15, 0.2) is 5.16 Å². The number of fused-ring (bicyclic) bond motifs is 1. The van der Waals surface area contributed by atoms with Crippen molar-refractivity contribution in [1.29, 1.82) is 0 Å². The number of hydrazone groups is 1. The topological polar surface area (TPSA) is 59.3 Å². The standard InChI is InChI=1S/C23H17BrClFN4OS/c24-17-9-10-19(26)16(11-17)12-27-29-22(31)14-32-23-28-20-7-3-4-8-21(20)30(23)13-15-5-1-2-6-18(15)25/h1-12H,13-14H2,(H,29,31)/b27-12-. The smallest absolute Gasteiger partial charge is 0.250 e. The van der Waals surface area contributed by atoms with Crippen molar-refractivity contribution in [3.63, 3.8) is 0 Å². The number of amides is 1. The lowest BCUT2D eigenvalue weighted by atomic mass is 10.2. The maximum absolute atomic E-state index is 13.8. The summed E-state index contributed by atoms with van der Waals surface area (Å²) < 4.78 is 16.5. The van der Waals surface area contributed by atoms with E-state index >= 15 is 0 Å². The predicted octanol–water partition coefficient (Wildman–Crippen LogP) is 5.88. The van der Waals surface area contributed by atoms with Crippen molar-refractivity contribution in [2.45, 2.75) is 11.7 Å². The summed E-state index contributed by atoms with van der Waals surface area (Å²) in [7, 11) is 0. The number of aromatic nitrogens is 2. The Labute approximate surface area is 201 Å². The molecule has 0 aliphatic heterocycles. The summed E-state index contributed by atoms with van der Waals surface area (Å²) in [4.78, 5) is 17.0. The van der Waals surface area contributed by atoms with E-state index < -0.39 is 5.82 Å². The van der Waals surface area contributed by atoms with Crippen molar-refractivity contribution in [1.82, 2.24) is 15.0 Å². The number of thioether (sulfide) groups is 1. The SMILES string of the molecule is O=C(CSc1nc2ccccc2n1Cc1ccccc1Cl)N/N=C\c1cc(Br)ccc1F. The average molecular weight is 532 g/mol. The van der Waals surface area contributed by atoms with E-state index in [1.807, 2.05) is 53.1 Å². The number of halogens is 3. The number of hydrogen-bond acceptors (Lipinski definition) is 4. The molecule has 4 aromatic rings. The van der Waals surface area contributed by atoms with Gasteiger partial charge in [-0.25, -0.2) is 14.8 Å². The van der Waals surface area contributed by atoms with Gasteiger partial charge in [-0.05, 0) is 42.0 Å². The lowest BCUT2D eigenvalue weighted by molar-refractivity contribution is -0.118. The third-order valence-corrected chi connectivity index (χ3v) is 6.43. The lowest BCUT2D eigenvalue weighted by Crippen LogP contribution is -2.20. The Hall–Kier alpha value is -2.68. The maximum atomic E-state index is 13.8. The zero-order valence-electron chi connectivity index (χ0n) is 16.6. The van der Waals surface area contributed by atoms with Gasteiger partial charge in [0.25, 0.3) is 5.91 Å². The third-order valence-electron chi connectivity index (χ3n) is 4.59. The first kappa shape index (κ1) is 22.5. The molecule has 0 bridgehead atoms. The normalized spacial score (nSPS) is 11.3. The quantitative estimate of drug-likeness (QED) is 0.184. The first-order valence-corrected chi connectivity index (χ1v) is 11.8. The van der Waals surface area contributed by atoms with Crippen LogP contribution in [-0.2, 0) is 11.3 Å². The number of imidazole rings is 1. The molecule has 9 heteroatoms. The summed E-state index contributed by atoms with van der Waals surface area (Å²) in [6, 6.07) is 19.9. The van der Waals surface area contributed by atoms with E-state index in [1.165, 1.54) is 24.0 Å². The van der Waals surface area contributed by atoms with E-state index in [0.717, 1.165) is 21.1 Å². The molecule has 5 nitrogen and oxygen atoms in total. The van der Waals surface area contributed by atoms with E-state index in [0.29, 0.717) is 16.7 Å². The molecule has 3 aromatic carbocycles. The molecule has 0 saturated carbocycles. The minimum Gasteiger partial charge on any atom is -0.314 e. The number of para-hydroxylation sites is 2. The van der Waals surface area contributed by atoms with Gasteiger partial charge in [0.05, 0.1) is 29.5 Å². The van der Waals surface area contributed by atoms with Crippen molar-refractivity contribution in [2.75, 3.05) is 5.75 Å². The maximum Gasteiger partial charge on any atom is 0.250 e. The molecule has 0 saturated heterocycles. The van der Waals surface area contributed by atoms with Crippen LogP contribution in [0.3, 0.4) is 0 Å². The van der Waals surface area contributed by atoms with E-state index in [4.69, 9.17) is 11.6 Å². The fourth-order valence-electron chi connectivity index (χ4n) is 3.06. The highest BCUT2D eigenvalue weighted by molar-refractivity contribution is 9.10. The zero-order valence-corrected chi connectivity index (χ0v) is 19.8. The number of rotatable bonds is 7. The number of hydrogen-bond donors (Lipinski definition) is 1. The van der Waals surface area contributed by atoms with Crippen LogP contribution in [-0.4, -0.2) is 27.4 Å². The molecule has 32 heavy (non-hydrogen) atoms. The molecule has 1 aromatic heterocycles. The fourth-order valence-corrected chi connectivity index (χ4v) is 4.44. The van der Waals surface area contributed by atoms with E-state index in [9.17, 15) is 9.18 Å². The van der Waals surface area contributed by atoms with Crippen LogP contribution in [0.5, 0.6) is 0 Å². The molecule has 0 unspecified atom stereocenters. The van der Waals surface area contributed by atoms with E-state index in [-0.39, 0.29) is 17.2 Å². The monoisotopic (exact) mass is 530 g/mol. The Balaban J connectivity index is 1.47. The van der Waals surface area contributed by atoms with Crippen LogP contribution in [0.2, 0.25) is 5.02 Å². The fraction of sp³-hybridized carbons (Fsp3) is 0.0870. The average Bonchev–Trinajstić information content (AvgIpc) is 3.13. The largest absolute Gasteiger partial charge is 0.314 e. The van der Waals surface area contributed by atoms with Crippen LogP contribution < -0.4 is 5.43 Å². The van der Waals surface area contributed by atoms with Gasteiger partial charge in [-0.2, -0.15) is 5.10 Å². The molecule has 0 fully saturated rings. The van der Waals surface area contributed by atoms with Gasteiger partial charge >= 0.3 is 0 Å². The summed E-state index contributed by atoms with van der Waals surface area (Å²) in [5.41, 5.74) is 5.46. The van der Waals surface area contributed by atoms with Crippen molar-refractivity contribution < 1.29 is 9.18 Å². The molecule has 162 valence electrons. The molecule has 0 atom stereocenters. The van der Waals surface area contributed by atoms with Gasteiger partial charge in [0, 0.05) is 15.1 Å². The number of benzene rings is 3. The van der Waals surface area contributed by atoms with Crippen molar-refractivity contribution in [3.05, 3.63) is 93.2 Å². The Morgan fingerprint density at radius 3 is 2.81 bits per heavy atom. The Kier molecular flexibility index (Phi) is 7.24. The van der Waals surface area contributed by atoms with Gasteiger partial charge in [-0.3, -0.25) is 4.79 Å². The third kappa shape index (κ3) is 5.38. The van der Waals surface area contributed by atoms with Gasteiger partial charge in [-0.15, -0.1) is 0 Å². The molecular weight excluding hydrogens is 515 g/mol. The Morgan fingerprint density at radius 2 is 1.97 bits per heavy atom. The van der Waals surface area contributed by atoms with Crippen molar-refractivity contribution in [3.8, 4) is 0 Å². The van der Waals surface area contributed by atoms with Gasteiger partial charge in [0.2, 0.25) is 0 Å². The molecular formula is C23H17BrClFN4OS. The molecule has 1 N–H and O–H groups in total. The van der Waals surface area contributed by atoms with Gasteiger partial charge in [0.1, 0.15) is 5.82 Å². The minimum absolute atomic E-state index is 0.101. The van der Waals surface area contributed by atoms with Crippen LogP contribution in [0.25, 0.3) is 11.0 Å². The van der Waals surface area contributed by atoms with Crippen molar-refractivity contribution >= 4 is 62.4 Å². The summed E-state index contributed by atoms with van der Waals surface area (Å²) in [5, 5.41) is 5.23. The molecule has 0 aliphatic carbocycles. The van der Waals surface area contributed by atoms with Crippen LogP contribution in [0.4, 0.5) is 4.39 Å². The highest BCUT2D eigenvalue weighted by atomic mass is 79.9. The molecule has 1 heterocycles. The second-order valence-electron chi connectivity index (χ2n) is 6.81. The highest BCUT2D eigenvalue weighted by Gasteiger charge is 2.14. The van der Waals surface area contributed by atoms with Crippen LogP contribution in [0.1, 0.15) is 11.1 Å². The number of carbonyl (C=O) groups excluding carboxylic acids is 1. The summed E-state index contributed by atoms with van der Waals surface area (Å²) in [6.45, 7) is 0.532. The summed E-state index contributed by atoms with van der Waals surface area (Å²) in [5.74, 6) is -0.642. The van der Waals surface area contributed by atoms with E-state index in [2.05, 4.69) is 31.4 Å². The summed E-state index contributed by atoms with van der Waals surface area (Å²) >= 11 is 10.9. The van der Waals surface area contributed by atoms with E-state index in [1.54, 1.807) is 12.1 Å². The molecule has 0 aliphatic rings. The van der Waals surface area contributed by atoms with Crippen LogP contribution in [0, 0.1) is 5.82 Å².